The summed E-state index contributed by atoms with van der Waals surface area (Å²) >= 11 is 1.28. The molecule has 4 rings (SSSR count). The first kappa shape index (κ1) is 22.5. The number of nitrogens with one attached hydrogen (secondary N) is 1. The van der Waals surface area contributed by atoms with Gasteiger partial charge in [-0.15, -0.1) is 11.3 Å². The molecular weight excluding hydrogens is 450 g/mol. The van der Waals surface area contributed by atoms with Crippen molar-refractivity contribution in [2.75, 3.05) is 25.0 Å². The molecule has 0 bridgehead atoms. The fourth-order valence-electron chi connectivity index (χ4n) is 3.38. The number of hydrogen-bond acceptors (Lipinski definition) is 7. The van der Waals surface area contributed by atoms with E-state index < -0.39 is 15.9 Å². The lowest BCUT2D eigenvalue weighted by Crippen LogP contribution is -2.35. The molecule has 3 heterocycles. The Kier molecular flexibility index (Phi) is 6.92. The minimum atomic E-state index is -3.73. The molecule has 3 aromatic rings. The normalized spacial score (nSPS) is 14.9. The number of anilines is 1. The zero-order valence-corrected chi connectivity index (χ0v) is 19.4. The maximum atomic E-state index is 12.7. The Bertz CT molecular complexity index is 1160. The molecule has 2 aromatic heterocycles. The van der Waals surface area contributed by atoms with E-state index >= 15 is 0 Å². The van der Waals surface area contributed by atoms with Crippen molar-refractivity contribution >= 4 is 32.4 Å². The average molecular weight is 476 g/mol. The number of carbonyl (C=O) groups excluding carboxylic acids is 1. The van der Waals surface area contributed by atoms with Crippen molar-refractivity contribution in [1.82, 2.24) is 9.29 Å². The number of amides is 1. The van der Waals surface area contributed by atoms with Gasteiger partial charge >= 0.3 is 0 Å². The maximum absolute atomic E-state index is 12.7. The van der Waals surface area contributed by atoms with Gasteiger partial charge in [0.1, 0.15) is 5.75 Å². The minimum absolute atomic E-state index is 0.0743. The summed E-state index contributed by atoms with van der Waals surface area (Å²) in [4.78, 5) is 17.0. The number of aromatic nitrogens is 1. The van der Waals surface area contributed by atoms with Gasteiger partial charge in [-0.2, -0.15) is 4.31 Å². The number of ether oxygens (including phenoxy) is 1. The fraction of sp³-hybridized carbons (Fsp3) is 0.364. The zero-order chi connectivity index (χ0) is 22.6. The molecule has 1 N–H and O–H groups in total. The molecule has 0 saturated carbocycles. The smallest absolute Gasteiger partial charge is 0.293 e. The van der Waals surface area contributed by atoms with Gasteiger partial charge in [0.2, 0.25) is 5.09 Å². The Hall–Kier alpha value is -2.69. The lowest BCUT2D eigenvalue weighted by molar-refractivity contribution is 0.0991. The number of piperidine rings is 1. The Morgan fingerprint density at radius 3 is 2.62 bits per heavy atom. The summed E-state index contributed by atoms with van der Waals surface area (Å²) in [7, 11) is -3.73. The largest absolute Gasteiger partial charge is 0.494 e. The lowest BCUT2D eigenvalue weighted by atomic mass is 10.2. The van der Waals surface area contributed by atoms with Gasteiger partial charge in [0.05, 0.1) is 12.3 Å². The molecule has 10 heteroatoms. The molecule has 0 radical (unpaired) electrons. The van der Waals surface area contributed by atoms with Crippen LogP contribution in [0.2, 0.25) is 0 Å². The zero-order valence-electron chi connectivity index (χ0n) is 17.7. The predicted molar refractivity (Wildman–Crippen MR) is 123 cm³/mol. The Morgan fingerprint density at radius 2 is 1.91 bits per heavy atom. The van der Waals surface area contributed by atoms with Crippen molar-refractivity contribution < 1.29 is 22.4 Å². The quantitative estimate of drug-likeness (QED) is 0.510. The molecule has 32 heavy (non-hydrogen) atoms. The summed E-state index contributed by atoms with van der Waals surface area (Å²) in [6, 6.07) is 10.3. The fourth-order valence-corrected chi connectivity index (χ4v) is 5.52. The van der Waals surface area contributed by atoms with E-state index in [4.69, 9.17) is 9.15 Å². The monoisotopic (exact) mass is 475 g/mol. The molecule has 8 nitrogen and oxygen atoms in total. The van der Waals surface area contributed by atoms with Crippen LogP contribution in [0.15, 0.2) is 51.3 Å². The molecule has 1 aliphatic heterocycles. The van der Waals surface area contributed by atoms with Crippen LogP contribution in [0.5, 0.6) is 5.75 Å². The van der Waals surface area contributed by atoms with Crippen molar-refractivity contribution in [3.05, 3.63) is 47.5 Å². The first-order valence-electron chi connectivity index (χ1n) is 10.6. The number of rotatable bonds is 8. The Labute approximate surface area is 191 Å². The van der Waals surface area contributed by atoms with Gasteiger partial charge < -0.3 is 9.15 Å². The van der Waals surface area contributed by atoms with Gasteiger partial charge in [-0.05, 0) is 55.7 Å². The maximum Gasteiger partial charge on any atom is 0.293 e. The molecule has 0 atom stereocenters. The third kappa shape index (κ3) is 5.03. The highest BCUT2D eigenvalue weighted by Gasteiger charge is 2.29. The topological polar surface area (TPSA) is 102 Å². The van der Waals surface area contributed by atoms with Gasteiger partial charge in [0, 0.05) is 24.0 Å². The van der Waals surface area contributed by atoms with E-state index in [-0.39, 0.29) is 10.9 Å². The molecule has 170 valence electrons. The van der Waals surface area contributed by atoms with E-state index in [1.165, 1.54) is 27.8 Å². The number of hydrogen-bond donors (Lipinski definition) is 1. The summed E-state index contributed by atoms with van der Waals surface area (Å²) in [6.45, 7) is 3.66. The standard InChI is InChI=1S/C22H25N3O5S2/c1-2-14-29-17-8-6-16(7-9-17)18-15-31-22(23-18)24-21(26)19-10-11-20(30-19)32(27,28)25-12-4-3-5-13-25/h6-11,15H,2-5,12-14H2,1H3,(H,23,24,26). The first-order chi connectivity index (χ1) is 15.5. The van der Waals surface area contributed by atoms with Gasteiger partial charge in [-0.3, -0.25) is 10.1 Å². The van der Waals surface area contributed by atoms with Crippen LogP contribution in [0.25, 0.3) is 11.3 Å². The molecule has 0 aliphatic carbocycles. The van der Waals surface area contributed by atoms with E-state index in [1.54, 1.807) is 0 Å². The molecule has 1 fully saturated rings. The second kappa shape index (κ2) is 9.85. The van der Waals surface area contributed by atoms with Crippen LogP contribution in [-0.4, -0.2) is 43.3 Å². The summed E-state index contributed by atoms with van der Waals surface area (Å²) in [6.07, 6.45) is 3.62. The third-order valence-corrected chi connectivity index (χ3v) is 7.59. The minimum Gasteiger partial charge on any atom is -0.494 e. The van der Waals surface area contributed by atoms with E-state index in [0.717, 1.165) is 42.7 Å². The van der Waals surface area contributed by atoms with Gasteiger partial charge in [-0.25, -0.2) is 13.4 Å². The molecule has 1 amide bonds. The van der Waals surface area contributed by atoms with Crippen LogP contribution in [0.1, 0.15) is 43.2 Å². The number of carbonyl (C=O) groups is 1. The molecule has 1 aliphatic rings. The Morgan fingerprint density at radius 1 is 1.16 bits per heavy atom. The van der Waals surface area contributed by atoms with Crippen molar-refractivity contribution in [1.29, 1.82) is 0 Å². The van der Waals surface area contributed by atoms with Crippen LogP contribution in [-0.2, 0) is 10.0 Å². The number of thiazole rings is 1. The predicted octanol–water partition coefficient (Wildman–Crippen LogP) is 4.62. The highest BCUT2D eigenvalue weighted by molar-refractivity contribution is 7.89. The van der Waals surface area contributed by atoms with Crippen LogP contribution in [0, 0.1) is 0 Å². The van der Waals surface area contributed by atoms with E-state index in [1.807, 2.05) is 29.6 Å². The van der Waals surface area contributed by atoms with Crippen LogP contribution in [0.3, 0.4) is 0 Å². The van der Waals surface area contributed by atoms with E-state index in [2.05, 4.69) is 17.2 Å². The third-order valence-electron chi connectivity index (χ3n) is 5.06. The highest BCUT2D eigenvalue weighted by Crippen LogP contribution is 2.28. The van der Waals surface area contributed by atoms with Gasteiger partial charge in [-0.1, -0.05) is 13.3 Å². The summed E-state index contributed by atoms with van der Waals surface area (Å²) in [5, 5.41) is 4.70. The number of nitrogens with zero attached hydrogens (tertiary/aromatic N) is 2. The van der Waals surface area contributed by atoms with E-state index in [9.17, 15) is 13.2 Å². The van der Waals surface area contributed by atoms with Crippen molar-refractivity contribution in [2.45, 2.75) is 37.7 Å². The van der Waals surface area contributed by atoms with Crippen LogP contribution < -0.4 is 10.1 Å². The SMILES string of the molecule is CCCOc1ccc(-c2csc(NC(=O)c3ccc(S(=O)(=O)N4CCCCC4)o3)n2)cc1. The summed E-state index contributed by atoms with van der Waals surface area (Å²) in [5.41, 5.74) is 1.62. The summed E-state index contributed by atoms with van der Waals surface area (Å²) < 4.78 is 37.8. The summed E-state index contributed by atoms with van der Waals surface area (Å²) in [5.74, 6) is 0.177. The first-order valence-corrected chi connectivity index (χ1v) is 12.9. The van der Waals surface area contributed by atoms with Crippen LogP contribution >= 0.6 is 11.3 Å². The van der Waals surface area contributed by atoms with Crippen molar-refractivity contribution in [2.24, 2.45) is 0 Å². The van der Waals surface area contributed by atoms with Crippen LogP contribution in [0.4, 0.5) is 5.13 Å². The van der Waals surface area contributed by atoms with E-state index in [0.29, 0.717) is 24.8 Å². The van der Waals surface area contributed by atoms with Gasteiger partial charge in [0.15, 0.2) is 10.9 Å². The number of benzene rings is 1. The molecule has 1 aromatic carbocycles. The Balaban J connectivity index is 1.41. The average Bonchev–Trinajstić information content (AvgIpc) is 3.49. The molecule has 1 saturated heterocycles. The number of sulfonamides is 1. The molecular formula is C22H25N3O5S2. The van der Waals surface area contributed by atoms with Crippen molar-refractivity contribution in [3.8, 4) is 17.0 Å². The lowest BCUT2D eigenvalue weighted by Gasteiger charge is -2.24. The van der Waals surface area contributed by atoms with Gasteiger partial charge in [0.25, 0.3) is 15.9 Å². The highest BCUT2D eigenvalue weighted by atomic mass is 32.2. The second-order valence-corrected chi connectivity index (χ2v) is 10.2. The van der Waals surface area contributed by atoms with Crippen molar-refractivity contribution in [3.63, 3.8) is 0 Å². The second-order valence-electron chi connectivity index (χ2n) is 7.45. The molecule has 0 unspecified atom stereocenters. The number of furan rings is 1. The molecule has 0 spiro atoms.